The Kier molecular flexibility index (Phi) is 5.69. The first kappa shape index (κ1) is 14.8. The number of hydrazone groups is 1. The lowest BCUT2D eigenvalue weighted by molar-refractivity contribution is -0.138. The van der Waals surface area contributed by atoms with Crippen LogP contribution in [0.5, 0.6) is 0 Å². The number of nitrogens with two attached hydrogens (primary N) is 1. The number of hydrogen-bond acceptors (Lipinski definition) is 4. The van der Waals surface area contributed by atoms with Crippen molar-refractivity contribution >= 4 is 18.1 Å². The molecule has 6 heteroatoms. The molecule has 1 atom stereocenters. The Hall–Kier alpha value is -2.21. The monoisotopic (exact) mass is 263 g/mol. The largest absolute Gasteiger partial charge is 0.480 e. The fourth-order valence-electron chi connectivity index (χ4n) is 1.44. The molecule has 4 N–H and O–H groups in total. The normalized spacial score (nSPS) is 12.3. The number of rotatable bonds is 6. The zero-order valence-electron chi connectivity index (χ0n) is 10.7. The van der Waals surface area contributed by atoms with Crippen molar-refractivity contribution in [3.8, 4) is 0 Å². The molecule has 1 amide bonds. The van der Waals surface area contributed by atoms with Crippen molar-refractivity contribution in [2.45, 2.75) is 25.8 Å². The highest BCUT2D eigenvalue weighted by molar-refractivity contribution is 5.74. The molecular weight excluding hydrogens is 246 g/mol. The van der Waals surface area contributed by atoms with Crippen LogP contribution in [0.3, 0.4) is 0 Å². The van der Waals surface area contributed by atoms with E-state index in [0.717, 1.165) is 11.1 Å². The molecule has 0 saturated heterocycles. The van der Waals surface area contributed by atoms with Gasteiger partial charge in [-0.05, 0) is 17.5 Å². The Labute approximate surface area is 111 Å². The molecule has 0 spiro atoms. The van der Waals surface area contributed by atoms with E-state index < -0.39 is 12.0 Å². The van der Waals surface area contributed by atoms with E-state index in [0.29, 0.717) is 12.8 Å². The predicted octanol–water partition coefficient (Wildman–Crippen LogP) is 0.305. The molecule has 1 unspecified atom stereocenters. The van der Waals surface area contributed by atoms with E-state index in [1.54, 1.807) is 6.21 Å². The van der Waals surface area contributed by atoms with Crippen LogP contribution in [0.4, 0.5) is 0 Å². The minimum Gasteiger partial charge on any atom is -0.480 e. The summed E-state index contributed by atoms with van der Waals surface area (Å²) in [4.78, 5) is 21.2. The van der Waals surface area contributed by atoms with Crippen LogP contribution in [0, 0.1) is 0 Å². The Bertz CT molecular complexity index is 469. The van der Waals surface area contributed by atoms with Crippen LogP contribution in [0.25, 0.3) is 0 Å². The molecule has 0 heterocycles. The molecule has 1 aromatic rings. The smallest absolute Gasteiger partial charge is 0.320 e. The number of carbonyl (C=O) groups excluding carboxylic acids is 1. The molecule has 0 aliphatic heterocycles. The van der Waals surface area contributed by atoms with Crippen LogP contribution in [-0.2, 0) is 22.4 Å². The second-order valence-electron chi connectivity index (χ2n) is 4.15. The summed E-state index contributed by atoms with van der Waals surface area (Å²) in [5, 5.41) is 12.4. The first-order chi connectivity index (χ1) is 8.99. The van der Waals surface area contributed by atoms with Crippen LogP contribution in [0.15, 0.2) is 29.4 Å². The summed E-state index contributed by atoms with van der Waals surface area (Å²) in [6, 6.07) is 6.55. The predicted molar refractivity (Wildman–Crippen MR) is 71.8 cm³/mol. The summed E-state index contributed by atoms with van der Waals surface area (Å²) < 4.78 is 0. The van der Waals surface area contributed by atoms with Crippen molar-refractivity contribution in [2.24, 2.45) is 10.8 Å². The van der Waals surface area contributed by atoms with Crippen LogP contribution in [0.2, 0.25) is 0 Å². The van der Waals surface area contributed by atoms with E-state index in [-0.39, 0.29) is 5.91 Å². The van der Waals surface area contributed by atoms with E-state index in [1.165, 1.54) is 6.92 Å². The average molecular weight is 263 g/mol. The number of hydrogen-bond donors (Lipinski definition) is 3. The van der Waals surface area contributed by atoms with Gasteiger partial charge in [0, 0.05) is 19.6 Å². The van der Waals surface area contributed by atoms with Gasteiger partial charge < -0.3 is 10.8 Å². The molecule has 0 aliphatic carbocycles. The van der Waals surface area contributed by atoms with Crippen LogP contribution >= 0.6 is 0 Å². The molecule has 0 fully saturated rings. The summed E-state index contributed by atoms with van der Waals surface area (Å²) in [5.74, 6) is -1.22. The number of carboxylic acid groups (broad SMARTS) is 1. The van der Waals surface area contributed by atoms with Gasteiger partial charge in [0.25, 0.3) is 0 Å². The highest BCUT2D eigenvalue weighted by atomic mass is 16.4. The molecule has 1 rings (SSSR count). The number of aliphatic carboxylic acids is 1. The molecule has 19 heavy (non-hydrogen) atoms. The van der Waals surface area contributed by atoms with Gasteiger partial charge >= 0.3 is 5.97 Å². The van der Waals surface area contributed by atoms with Crippen molar-refractivity contribution in [3.63, 3.8) is 0 Å². The summed E-state index contributed by atoms with van der Waals surface area (Å²) in [5.41, 5.74) is 9.65. The van der Waals surface area contributed by atoms with Crippen LogP contribution < -0.4 is 11.2 Å². The van der Waals surface area contributed by atoms with Crippen molar-refractivity contribution in [2.75, 3.05) is 0 Å². The van der Waals surface area contributed by atoms with Gasteiger partial charge in [-0.1, -0.05) is 24.3 Å². The molecule has 102 valence electrons. The fourth-order valence-corrected chi connectivity index (χ4v) is 1.44. The Morgan fingerprint density at radius 3 is 2.47 bits per heavy atom. The second kappa shape index (κ2) is 7.27. The first-order valence-electron chi connectivity index (χ1n) is 5.83. The van der Waals surface area contributed by atoms with Gasteiger partial charge in [-0.15, -0.1) is 0 Å². The highest BCUT2D eigenvalue weighted by Gasteiger charge is 2.11. The SMILES string of the molecule is CC(=O)N/N=C/Cc1ccc(CC(N)C(=O)O)cc1. The van der Waals surface area contributed by atoms with Gasteiger partial charge in [-0.3, -0.25) is 9.59 Å². The summed E-state index contributed by atoms with van der Waals surface area (Å²) in [7, 11) is 0. The number of carboxylic acids is 1. The number of benzene rings is 1. The van der Waals surface area contributed by atoms with Crippen molar-refractivity contribution in [1.82, 2.24) is 5.43 Å². The average Bonchev–Trinajstić information content (AvgIpc) is 2.36. The molecule has 1 aromatic carbocycles. The maximum absolute atomic E-state index is 10.6. The zero-order chi connectivity index (χ0) is 14.3. The van der Waals surface area contributed by atoms with Crippen molar-refractivity contribution in [3.05, 3.63) is 35.4 Å². The number of amides is 1. The summed E-state index contributed by atoms with van der Waals surface area (Å²) in [6.07, 6.45) is 2.49. The Morgan fingerprint density at radius 1 is 1.37 bits per heavy atom. The summed E-state index contributed by atoms with van der Waals surface area (Å²) >= 11 is 0. The first-order valence-corrected chi connectivity index (χ1v) is 5.83. The number of nitrogens with zero attached hydrogens (tertiary/aromatic N) is 1. The van der Waals surface area contributed by atoms with E-state index in [9.17, 15) is 9.59 Å². The minimum atomic E-state index is -1.01. The standard InChI is InChI=1S/C13H17N3O3/c1-9(17)16-15-7-6-10-2-4-11(5-3-10)8-12(14)13(18)19/h2-5,7,12H,6,8,14H2,1H3,(H,16,17)(H,18,19)/b15-7+. The van der Waals surface area contributed by atoms with Gasteiger partial charge in [0.2, 0.25) is 5.91 Å². The lowest BCUT2D eigenvalue weighted by Gasteiger charge is -2.06. The van der Waals surface area contributed by atoms with Gasteiger partial charge in [-0.25, -0.2) is 5.43 Å². The molecule has 0 aromatic heterocycles. The molecule has 0 radical (unpaired) electrons. The lowest BCUT2D eigenvalue weighted by atomic mass is 10.0. The summed E-state index contributed by atoms with van der Waals surface area (Å²) in [6.45, 7) is 1.39. The second-order valence-corrected chi connectivity index (χ2v) is 4.15. The van der Waals surface area contributed by atoms with Crippen LogP contribution in [-0.4, -0.2) is 29.2 Å². The molecule has 0 bridgehead atoms. The Morgan fingerprint density at radius 2 is 1.95 bits per heavy atom. The molecule has 6 nitrogen and oxygen atoms in total. The minimum absolute atomic E-state index is 0.214. The Balaban J connectivity index is 2.50. The van der Waals surface area contributed by atoms with E-state index in [4.69, 9.17) is 10.8 Å². The fraction of sp³-hybridized carbons (Fsp3) is 0.308. The zero-order valence-corrected chi connectivity index (χ0v) is 10.7. The van der Waals surface area contributed by atoms with Gasteiger partial charge in [0.15, 0.2) is 0 Å². The maximum atomic E-state index is 10.6. The van der Waals surface area contributed by atoms with Crippen molar-refractivity contribution < 1.29 is 14.7 Å². The lowest BCUT2D eigenvalue weighted by Crippen LogP contribution is -2.32. The van der Waals surface area contributed by atoms with E-state index in [2.05, 4.69) is 10.5 Å². The molecular formula is C13H17N3O3. The van der Waals surface area contributed by atoms with Gasteiger partial charge in [0.05, 0.1) is 0 Å². The van der Waals surface area contributed by atoms with Gasteiger partial charge in [-0.2, -0.15) is 5.10 Å². The quantitative estimate of drug-likeness (QED) is 0.507. The van der Waals surface area contributed by atoms with Gasteiger partial charge in [0.1, 0.15) is 6.04 Å². The maximum Gasteiger partial charge on any atom is 0.320 e. The molecule has 0 saturated carbocycles. The van der Waals surface area contributed by atoms with E-state index in [1.807, 2.05) is 24.3 Å². The topological polar surface area (TPSA) is 105 Å². The third-order valence-electron chi connectivity index (χ3n) is 2.44. The number of nitrogens with one attached hydrogen (secondary N) is 1. The third-order valence-corrected chi connectivity index (χ3v) is 2.44. The molecule has 0 aliphatic rings. The number of carbonyl (C=O) groups is 2. The highest BCUT2D eigenvalue weighted by Crippen LogP contribution is 2.06. The third kappa shape index (κ3) is 5.78. The van der Waals surface area contributed by atoms with Crippen LogP contribution in [0.1, 0.15) is 18.1 Å². The van der Waals surface area contributed by atoms with Crippen molar-refractivity contribution in [1.29, 1.82) is 0 Å². The van der Waals surface area contributed by atoms with E-state index >= 15 is 0 Å².